The number of nitrogens with two attached hydrogens (primary N) is 1. The van der Waals surface area contributed by atoms with Crippen molar-refractivity contribution in [1.29, 1.82) is 0 Å². The minimum Gasteiger partial charge on any atom is -0.394 e. The number of hydrogen-bond donors (Lipinski definition) is 4. The third kappa shape index (κ3) is 5.27. The van der Waals surface area contributed by atoms with E-state index in [1.54, 1.807) is 24.4 Å². The summed E-state index contributed by atoms with van der Waals surface area (Å²) in [7, 11) is 0. The van der Waals surface area contributed by atoms with Gasteiger partial charge in [-0.3, -0.25) is 9.59 Å². The molecule has 9 heteroatoms. The van der Waals surface area contributed by atoms with Crippen LogP contribution in [-0.4, -0.2) is 63.3 Å². The molecule has 0 saturated carbocycles. The highest BCUT2D eigenvalue weighted by Crippen LogP contribution is 2.27. The maximum Gasteiger partial charge on any atom is 0.243 e. The van der Waals surface area contributed by atoms with Crippen LogP contribution < -0.4 is 11.1 Å². The molecule has 5 N–H and O–H groups in total. The first-order valence-corrected chi connectivity index (χ1v) is 11.0. The lowest BCUT2D eigenvalue weighted by Gasteiger charge is -2.29. The van der Waals surface area contributed by atoms with Crippen molar-refractivity contribution in [1.82, 2.24) is 15.2 Å². The van der Waals surface area contributed by atoms with Gasteiger partial charge in [0.1, 0.15) is 11.2 Å². The molecule has 2 amide bonds. The Kier molecular flexibility index (Phi) is 7.84. The van der Waals surface area contributed by atoms with E-state index in [2.05, 4.69) is 10.3 Å². The molecule has 1 aliphatic rings. The van der Waals surface area contributed by atoms with Crippen molar-refractivity contribution in [3.05, 3.63) is 53.3 Å². The minimum atomic E-state index is -0.843. The zero-order chi connectivity index (χ0) is 23.4. The van der Waals surface area contributed by atoms with Crippen molar-refractivity contribution in [2.24, 2.45) is 11.7 Å². The molecule has 2 heterocycles. The highest BCUT2D eigenvalue weighted by atomic mass is 35.5. The van der Waals surface area contributed by atoms with Gasteiger partial charge < -0.3 is 26.2 Å². The first kappa shape index (κ1) is 24.1. The number of carbonyl (C=O) groups excluding carboxylic acids is 2. The molecule has 1 fully saturated rings. The monoisotopic (exact) mass is 460 g/mol. The molecule has 2 aromatic rings. The summed E-state index contributed by atoms with van der Waals surface area (Å²) in [6, 6.07) is 8.64. The largest absolute Gasteiger partial charge is 0.394 e. The molecular weight excluding hydrogens is 432 g/mol. The molecule has 0 bridgehead atoms. The molecule has 0 unspecified atom stereocenters. The van der Waals surface area contributed by atoms with Crippen molar-refractivity contribution >= 4 is 23.4 Å². The van der Waals surface area contributed by atoms with E-state index in [-0.39, 0.29) is 31.4 Å². The Balaban J connectivity index is 1.73. The summed E-state index contributed by atoms with van der Waals surface area (Å²) in [5.74, 6) is -0.903. The van der Waals surface area contributed by atoms with E-state index in [1.807, 2.05) is 32.0 Å². The molecular formula is C23H29ClN4O4. The van der Waals surface area contributed by atoms with Crippen LogP contribution in [0.15, 0.2) is 42.6 Å². The number of aliphatic hydroxyl groups excluding tert-OH is 2. The normalized spacial score (nSPS) is 20.3. The number of pyridine rings is 1. The van der Waals surface area contributed by atoms with Crippen LogP contribution in [0.2, 0.25) is 5.15 Å². The fourth-order valence-electron chi connectivity index (χ4n) is 3.78. The standard InChI is InChI=1S/C23H29ClN4O4/c1-13(2)20(25)23(32)28-11-16(30)10-19(28)22(31)27-18(12-29)15-7-5-14(6-8-15)17-4-3-9-26-21(17)24/h3-9,13,16,18-20,29-30H,10-12,25H2,1-2H3,(H,27,31)/t16-,18+,19+,20+/m1/s1. The Bertz CT molecular complexity index is 953. The van der Waals surface area contributed by atoms with Gasteiger partial charge in [-0.15, -0.1) is 0 Å². The highest BCUT2D eigenvalue weighted by Gasteiger charge is 2.41. The first-order valence-electron chi connectivity index (χ1n) is 10.6. The van der Waals surface area contributed by atoms with E-state index in [9.17, 15) is 19.8 Å². The van der Waals surface area contributed by atoms with Crippen LogP contribution in [0.25, 0.3) is 11.1 Å². The second-order valence-electron chi connectivity index (χ2n) is 8.37. The topological polar surface area (TPSA) is 129 Å². The molecule has 1 aliphatic heterocycles. The van der Waals surface area contributed by atoms with E-state index in [0.29, 0.717) is 10.7 Å². The molecule has 0 spiro atoms. The number of nitrogens with zero attached hydrogens (tertiary/aromatic N) is 2. The smallest absolute Gasteiger partial charge is 0.243 e. The fourth-order valence-corrected chi connectivity index (χ4v) is 4.01. The van der Waals surface area contributed by atoms with Gasteiger partial charge in [-0.05, 0) is 29.2 Å². The lowest BCUT2D eigenvalue weighted by molar-refractivity contribution is -0.140. The van der Waals surface area contributed by atoms with Crippen molar-refractivity contribution < 1.29 is 19.8 Å². The Morgan fingerprint density at radius 3 is 2.56 bits per heavy atom. The number of aromatic nitrogens is 1. The summed E-state index contributed by atoms with van der Waals surface area (Å²) >= 11 is 6.15. The third-order valence-electron chi connectivity index (χ3n) is 5.75. The van der Waals surface area contributed by atoms with Gasteiger partial charge in [0.2, 0.25) is 11.8 Å². The number of likely N-dealkylation sites (tertiary alicyclic amines) is 1. The van der Waals surface area contributed by atoms with Crippen LogP contribution in [0, 0.1) is 5.92 Å². The fraction of sp³-hybridized carbons (Fsp3) is 0.435. The van der Waals surface area contributed by atoms with Gasteiger partial charge in [-0.1, -0.05) is 49.7 Å². The molecule has 1 aromatic carbocycles. The van der Waals surface area contributed by atoms with E-state index < -0.39 is 30.1 Å². The Morgan fingerprint density at radius 2 is 1.97 bits per heavy atom. The van der Waals surface area contributed by atoms with Gasteiger partial charge in [-0.2, -0.15) is 0 Å². The SMILES string of the molecule is CC(C)[C@H](N)C(=O)N1C[C@H](O)C[C@H]1C(=O)N[C@@H](CO)c1ccc(-c2cccnc2Cl)cc1. The lowest BCUT2D eigenvalue weighted by Crippen LogP contribution is -2.53. The van der Waals surface area contributed by atoms with Gasteiger partial charge in [0.15, 0.2) is 0 Å². The quantitative estimate of drug-likeness (QED) is 0.463. The summed E-state index contributed by atoms with van der Waals surface area (Å²) in [4.78, 5) is 31.1. The average Bonchev–Trinajstić information content (AvgIpc) is 3.18. The molecule has 8 nitrogen and oxygen atoms in total. The van der Waals surface area contributed by atoms with Gasteiger partial charge in [-0.25, -0.2) is 4.98 Å². The zero-order valence-corrected chi connectivity index (χ0v) is 18.9. The predicted octanol–water partition coefficient (Wildman–Crippen LogP) is 1.50. The number of rotatable bonds is 7. The summed E-state index contributed by atoms with van der Waals surface area (Å²) < 4.78 is 0. The molecule has 4 atom stereocenters. The number of carbonyl (C=O) groups is 2. The van der Waals surface area contributed by atoms with Gasteiger partial charge in [0.05, 0.1) is 24.8 Å². The first-order chi connectivity index (χ1) is 15.2. The number of amides is 2. The Hall–Kier alpha value is -2.52. The number of aliphatic hydroxyl groups is 2. The van der Waals surface area contributed by atoms with Crippen molar-refractivity contribution in [2.45, 2.75) is 44.5 Å². The predicted molar refractivity (Wildman–Crippen MR) is 122 cm³/mol. The zero-order valence-electron chi connectivity index (χ0n) is 18.1. The maximum atomic E-state index is 13.0. The van der Waals surface area contributed by atoms with Crippen LogP contribution in [0.1, 0.15) is 31.9 Å². The Morgan fingerprint density at radius 1 is 1.28 bits per heavy atom. The average molecular weight is 461 g/mol. The van der Waals surface area contributed by atoms with Crippen molar-refractivity contribution in [2.75, 3.05) is 13.2 Å². The molecule has 172 valence electrons. The Labute approximate surface area is 192 Å². The van der Waals surface area contributed by atoms with Crippen LogP contribution in [0.5, 0.6) is 0 Å². The van der Waals surface area contributed by atoms with Gasteiger partial charge >= 0.3 is 0 Å². The summed E-state index contributed by atoms with van der Waals surface area (Å²) in [6.07, 6.45) is 0.934. The number of β-amino-alcohol motifs (C(OH)–C–C–N with tert-alkyl or cyclic N) is 1. The molecule has 1 aromatic heterocycles. The summed E-state index contributed by atoms with van der Waals surface area (Å²) in [5, 5.41) is 23.2. The number of nitrogens with one attached hydrogen (secondary N) is 1. The molecule has 0 aliphatic carbocycles. The van der Waals surface area contributed by atoms with Gasteiger partial charge in [0, 0.05) is 24.7 Å². The van der Waals surface area contributed by atoms with E-state index in [4.69, 9.17) is 17.3 Å². The second-order valence-corrected chi connectivity index (χ2v) is 8.73. The van der Waals surface area contributed by atoms with Crippen LogP contribution in [-0.2, 0) is 9.59 Å². The van der Waals surface area contributed by atoms with Crippen LogP contribution in [0.4, 0.5) is 0 Å². The number of halogens is 1. The van der Waals surface area contributed by atoms with Crippen molar-refractivity contribution in [3.8, 4) is 11.1 Å². The highest BCUT2D eigenvalue weighted by molar-refractivity contribution is 6.32. The summed E-state index contributed by atoms with van der Waals surface area (Å²) in [6.45, 7) is 3.39. The molecule has 0 radical (unpaired) electrons. The number of benzene rings is 1. The third-order valence-corrected chi connectivity index (χ3v) is 6.05. The second kappa shape index (κ2) is 10.4. The molecule has 32 heavy (non-hydrogen) atoms. The van der Waals surface area contributed by atoms with Gasteiger partial charge in [0.25, 0.3) is 0 Å². The van der Waals surface area contributed by atoms with Crippen molar-refractivity contribution in [3.63, 3.8) is 0 Å². The van der Waals surface area contributed by atoms with Crippen LogP contribution >= 0.6 is 11.6 Å². The number of hydrogen-bond acceptors (Lipinski definition) is 6. The molecule has 3 rings (SSSR count). The maximum absolute atomic E-state index is 13.0. The van der Waals surface area contributed by atoms with Crippen LogP contribution in [0.3, 0.4) is 0 Å². The van der Waals surface area contributed by atoms with E-state index in [1.165, 1.54) is 4.90 Å². The van der Waals surface area contributed by atoms with E-state index in [0.717, 1.165) is 11.1 Å². The summed E-state index contributed by atoms with van der Waals surface area (Å²) in [5.41, 5.74) is 8.31. The minimum absolute atomic E-state index is 0.0572. The molecule has 1 saturated heterocycles. The lowest BCUT2D eigenvalue weighted by atomic mass is 10.0. The van der Waals surface area contributed by atoms with E-state index >= 15 is 0 Å².